The zero-order valence-corrected chi connectivity index (χ0v) is 15.1. The van der Waals surface area contributed by atoms with Gasteiger partial charge in [0, 0.05) is 38.2 Å². The Hall–Kier alpha value is -2.29. The second-order valence-corrected chi connectivity index (χ2v) is 7.65. The average molecular weight is 372 g/mol. The number of hydrogen-bond donors (Lipinski definition) is 4. The lowest BCUT2D eigenvalue weighted by Crippen LogP contribution is -2.60. The Balaban J connectivity index is 1.36. The minimum absolute atomic E-state index is 0.156. The number of benzene rings is 1. The van der Waals surface area contributed by atoms with E-state index < -0.39 is 17.6 Å². The van der Waals surface area contributed by atoms with Gasteiger partial charge in [-0.1, -0.05) is 12.1 Å². The van der Waals surface area contributed by atoms with Gasteiger partial charge in [0.2, 0.25) is 11.8 Å². The molecule has 2 fully saturated rings. The highest BCUT2D eigenvalue weighted by molar-refractivity contribution is 6.05. The second kappa shape index (κ2) is 7.03. The Morgan fingerprint density at radius 1 is 1.26 bits per heavy atom. The number of β-amino-alcohol motifs (C(OH)–C–C–N with tert-alkyl or cyclic N) is 1. The van der Waals surface area contributed by atoms with Crippen molar-refractivity contribution in [1.29, 1.82) is 0 Å². The molecule has 4 N–H and O–H groups in total. The zero-order valence-electron chi connectivity index (χ0n) is 15.1. The van der Waals surface area contributed by atoms with Crippen molar-refractivity contribution in [1.82, 2.24) is 20.9 Å². The Morgan fingerprint density at radius 2 is 2.07 bits per heavy atom. The molecular formula is C19H24N4O4. The standard InChI is InChI=1S/C19H24N4O4/c24-16-4-3-15(17(25)22-16)23-9-13-2-1-12(7-14(13)18(23)26)8-20-6-5-19(27)10-21-11-19/h1-2,7,15,20-21,27H,3-6,8-11H2,(H,22,24,25). The Kier molecular flexibility index (Phi) is 4.71. The van der Waals surface area contributed by atoms with Gasteiger partial charge in [-0.25, -0.2) is 0 Å². The summed E-state index contributed by atoms with van der Waals surface area (Å²) in [6, 6.07) is 5.20. The third-order valence-corrected chi connectivity index (χ3v) is 5.60. The third kappa shape index (κ3) is 3.60. The van der Waals surface area contributed by atoms with Crippen LogP contribution in [-0.2, 0) is 22.7 Å². The normalized spacial score (nSPS) is 23.8. The molecule has 8 heteroatoms. The maximum Gasteiger partial charge on any atom is 0.255 e. The number of piperidine rings is 1. The third-order valence-electron chi connectivity index (χ3n) is 5.60. The van der Waals surface area contributed by atoms with E-state index in [-0.39, 0.29) is 18.2 Å². The number of amides is 3. The smallest absolute Gasteiger partial charge is 0.255 e. The summed E-state index contributed by atoms with van der Waals surface area (Å²) in [6.45, 7) is 2.98. The molecule has 3 aliphatic rings. The summed E-state index contributed by atoms with van der Waals surface area (Å²) in [5.74, 6) is -0.829. The van der Waals surface area contributed by atoms with Crippen LogP contribution in [0, 0.1) is 0 Å². The quantitative estimate of drug-likeness (QED) is 0.387. The van der Waals surface area contributed by atoms with Crippen LogP contribution in [-0.4, -0.2) is 59.0 Å². The molecule has 27 heavy (non-hydrogen) atoms. The molecule has 0 aliphatic carbocycles. The number of nitrogens with zero attached hydrogens (tertiary/aromatic N) is 1. The molecule has 0 spiro atoms. The Morgan fingerprint density at radius 3 is 2.78 bits per heavy atom. The van der Waals surface area contributed by atoms with Crippen LogP contribution in [0.1, 0.15) is 40.7 Å². The number of rotatable bonds is 6. The lowest BCUT2D eigenvalue weighted by Gasteiger charge is -2.37. The van der Waals surface area contributed by atoms with Crippen LogP contribution in [0.5, 0.6) is 0 Å². The SMILES string of the molecule is O=C1CCC(N2Cc3ccc(CNCCC4(O)CNC4)cc3C2=O)C(=O)N1. The number of carbonyl (C=O) groups is 3. The first-order valence-corrected chi connectivity index (χ1v) is 9.35. The molecule has 0 bridgehead atoms. The van der Waals surface area contributed by atoms with Crippen LogP contribution in [0.2, 0.25) is 0 Å². The van der Waals surface area contributed by atoms with Gasteiger partial charge in [-0.2, -0.15) is 0 Å². The van der Waals surface area contributed by atoms with Crippen molar-refractivity contribution in [3.63, 3.8) is 0 Å². The zero-order chi connectivity index (χ0) is 19.0. The van der Waals surface area contributed by atoms with Crippen molar-refractivity contribution in [2.75, 3.05) is 19.6 Å². The fourth-order valence-electron chi connectivity index (χ4n) is 3.86. The fraction of sp³-hybridized carbons (Fsp3) is 0.526. The second-order valence-electron chi connectivity index (χ2n) is 7.65. The van der Waals surface area contributed by atoms with Gasteiger partial charge in [-0.05, 0) is 36.6 Å². The van der Waals surface area contributed by atoms with Crippen LogP contribution in [0.25, 0.3) is 0 Å². The minimum Gasteiger partial charge on any atom is -0.387 e. The lowest BCUT2D eigenvalue weighted by molar-refractivity contribution is -0.136. The van der Waals surface area contributed by atoms with Crippen molar-refractivity contribution in [3.05, 3.63) is 34.9 Å². The van der Waals surface area contributed by atoms with Crippen molar-refractivity contribution in [2.45, 2.75) is 44.0 Å². The van der Waals surface area contributed by atoms with E-state index in [0.717, 1.165) is 11.1 Å². The number of aliphatic hydroxyl groups is 1. The van der Waals surface area contributed by atoms with E-state index >= 15 is 0 Å². The van der Waals surface area contributed by atoms with E-state index in [1.54, 1.807) is 4.90 Å². The van der Waals surface area contributed by atoms with Crippen molar-refractivity contribution in [3.8, 4) is 0 Å². The lowest BCUT2D eigenvalue weighted by atomic mass is 9.93. The van der Waals surface area contributed by atoms with Crippen molar-refractivity contribution in [2.24, 2.45) is 0 Å². The van der Waals surface area contributed by atoms with E-state index in [2.05, 4.69) is 16.0 Å². The van der Waals surface area contributed by atoms with Gasteiger partial charge >= 0.3 is 0 Å². The maximum absolute atomic E-state index is 12.8. The van der Waals surface area contributed by atoms with E-state index in [4.69, 9.17) is 0 Å². The number of imide groups is 1. The summed E-state index contributed by atoms with van der Waals surface area (Å²) in [6.07, 6.45) is 1.32. The molecule has 0 aromatic heterocycles. The number of carbonyl (C=O) groups excluding carboxylic acids is 3. The van der Waals surface area contributed by atoms with Crippen molar-refractivity contribution < 1.29 is 19.5 Å². The van der Waals surface area contributed by atoms with E-state index in [1.807, 2.05) is 18.2 Å². The Bertz CT molecular complexity index is 790. The highest BCUT2D eigenvalue weighted by Gasteiger charge is 2.39. The monoisotopic (exact) mass is 372 g/mol. The number of hydrogen-bond acceptors (Lipinski definition) is 6. The van der Waals surface area contributed by atoms with Crippen LogP contribution in [0.3, 0.4) is 0 Å². The molecule has 144 valence electrons. The molecule has 3 amide bonds. The first kappa shape index (κ1) is 18.1. The summed E-state index contributed by atoms with van der Waals surface area (Å²) in [7, 11) is 0. The highest BCUT2D eigenvalue weighted by atomic mass is 16.3. The summed E-state index contributed by atoms with van der Waals surface area (Å²) >= 11 is 0. The summed E-state index contributed by atoms with van der Waals surface area (Å²) in [5, 5.41) is 18.7. The Labute approximate surface area is 157 Å². The molecular weight excluding hydrogens is 348 g/mol. The molecule has 1 atom stereocenters. The van der Waals surface area contributed by atoms with Crippen LogP contribution >= 0.6 is 0 Å². The van der Waals surface area contributed by atoms with E-state index in [0.29, 0.717) is 51.1 Å². The summed E-state index contributed by atoms with van der Waals surface area (Å²) in [4.78, 5) is 37.7. The summed E-state index contributed by atoms with van der Waals surface area (Å²) in [5.41, 5.74) is 1.93. The molecule has 0 saturated carbocycles. The molecule has 1 unspecified atom stereocenters. The molecule has 3 aliphatic heterocycles. The largest absolute Gasteiger partial charge is 0.387 e. The predicted molar refractivity (Wildman–Crippen MR) is 96.6 cm³/mol. The first-order valence-electron chi connectivity index (χ1n) is 9.35. The topological polar surface area (TPSA) is 111 Å². The number of fused-ring (bicyclic) bond motifs is 1. The summed E-state index contributed by atoms with van der Waals surface area (Å²) < 4.78 is 0. The first-order chi connectivity index (χ1) is 13.0. The molecule has 8 nitrogen and oxygen atoms in total. The molecule has 1 aromatic carbocycles. The van der Waals surface area contributed by atoms with Crippen LogP contribution in [0.4, 0.5) is 0 Å². The van der Waals surface area contributed by atoms with Gasteiger partial charge in [0.05, 0.1) is 5.60 Å². The molecule has 4 rings (SSSR count). The average Bonchev–Trinajstić information content (AvgIpc) is 2.93. The molecule has 3 heterocycles. The van der Waals surface area contributed by atoms with Gasteiger partial charge in [0.25, 0.3) is 5.91 Å². The van der Waals surface area contributed by atoms with Gasteiger partial charge in [0.15, 0.2) is 0 Å². The van der Waals surface area contributed by atoms with E-state index in [9.17, 15) is 19.5 Å². The van der Waals surface area contributed by atoms with Gasteiger partial charge in [-0.3, -0.25) is 19.7 Å². The molecule has 1 aromatic rings. The van der Waals surface area contributed by atoms with Gasteiger partial charge in [-0.15, -0.1) is 0 Å². The number of nitrogens with one attached hydrogen (secondary N) is 3. The maximum atomic E-state index is 12.8. The van der Waals surface area contributed by atoms with Crippen LogP contribution in [0.15, 0.2) is 18.2 Å². The van der Waals surface area contributed by atoms with Crippen LogP contribution < -0.4 is 16.0 Å². The molecule has 2 saturated heterocycles. The van der Waals surface area contributed by atoms with Gasteiger partial charge in [0.1, 0.15) is 6.04 Å². The minimum atomic E-state index is -0.594. The predicted octanol–water partition coefficient (Wildman–Crippen LogP) is -0.738. The van der Waals surface area contributed by atoms with E-state index in [1.165, 1.54) is 0 Å². The fourth-order valence-corrected chi connectivity index (χ4v) is 3.86. The highest BCUT2D eigenvalue weighted by Crippen LogP contribution is 2.28. The van der Waals surface area contributed by atoms with Crippen molar-refractivity contribution >= 4 is 17.7 Å². The molecule has 0 radical (unpaired) electrons. The van der Waals surface area contributed by atoms with Gasteiger partial charge < -0.3 is 20.6 Å².